The maximum absolute atomic E-state index is 12.5. The molecule has 0 fully saturated rings. The third-order valence-corrected chi connectivity index (χ3v) is 2.30. The van der Waals surface area contributed by atoms with Crippen LogP contribution in [-0.4, -0.2) is 12.6 Å². The summed E-state index contributed by atoms with van der Waals surface area (Å²) < 4.78 is 37.5. The minimum absolute atomic E-state index is 0.188. The number of anilines is 1. The molecule has 0 bridgehead atoms. The van der Waals surface area contributed by atoms with Crippen LogP contribution in [0.3, 0.4) is 0 Å². The Morgan fingerprint density at radius 1 is 1.29 bits per heavy atom. The SMILES string of the molecule is O=C1NCC=CN1c1cccc(C(F)(F)F)c1. The lowest BCUT2D eigenvalue weighted by Crippen LogP contribution is -2.40. The van der Waals surface area contributed by atoms with Gasteiger partial charge in [0, 0.05) is 12.7 Å². The summed E-state index contributed by atoms with van der Waals surface area (Å²) in [5.74, 6) is 0. The Morgan fingerprint density at radius 2 is 2.06 bits per heavy atom. The smallest absolute Gasteiger partial charge is 0.334 e. The van der Waals surface area contributed by atoms with Crippen molar-refractivity contribution in [2.24, 2.45) is 0 Å². The summed E-state index contributed by atoms with van der Waals surface area (Å²) in [6, 6.07) is 4.19. The van der Waals surface area contributed by atoms with E-state index in [-0.39, 0.29) is 5.69 Å². The van der Waals surface area contributed by atoms with Gasteiger partial charge in [-0.3, -0.25) is 4.90 Å². The molecule has 1 heterocycles. The number of benzene rings is 1. The summed E-state index contributed by atoms with van der Waals surface area (Å²) in [5.41, 5.74) is -0.588. The number of hydrogen-bond acceptors (Lipinski definition) is 1. The second kappa shape index (κ2) is 4.12. The highest BCUT2D eigenvalue weighted by atomic mass is 19.4. The number of alkyl halides is 3. The molecule has 0 aliphatic carbocycles. The normalized spacial score (nSPS) is 15.9. The third-order valence-electron chi connectivity index (χ3n) is 2.30. The number of hydrogen-bond donors (Lipinski definition) is 1. The quantitative estimate of drug-likeness (QED) is 0.806. The van der Waals surface area contributed by atoms with Crippen molar-refractivity contribution in [3.63, 3.8) is 0 Å². The van der Waals surface area contributed by atoms with E-state index < -0.39 is 17.8 Å². The van der Waals surface area contributed by atoms with Gasteiger partial charge < -0.3 is 5.32 Å². The zero-order valence-electron chi connectivity index (χ0n) is 8.66. The molecule has 17 heavy (non-hydrogen) atoms. The van der Waals surface area contributed by atoms with E-state index in [9.17, 15) is 18.0 Å². The molecule has 0 spiro atoms. The summed E-state index contributed by atoms with van der Waals surface area (Å²) in [5, 5.41) is 2.51. The molecular weight excluding hydrogens is 233 g/mol. The van der Waals surface area contributed by atoms with Crippen molar-refractivity contribution >= 4 is 11.7 Å². The van der Waals surface area contributed by atoms with Gasteiger partial charge in [0.05, 0.1) is 11.3 Å². The van der Waals surface area contributed by atoms with Crippen LogP contribution in [0, 0.1) is 0 Å². The van der Waals surface area contributed by atoms with Crippen molar-refractivity contribution in [2.45, 2.75) is 6.18 Å². The van der Waals surface area contributed by atoms with Crippen LogP contribution in [0.1, 0.15) is 5.56 Å². The van der Waals surface area contributed by atoms with E-state index in [4.69, 9.17) is 0 Å². The van der Waals surface area contributed by atoms with E-state index in [2.05, 4.69) is 5.32 Å². The average Bonchev–Trinajstić information content (AvgIpc) is 2.29. The number of halogens is 3. The molecule has 2 amide bonds. The minimum Gasteiger partial charge on any atom is -0.334 e. The summed E-state index contributed by atoms with van der Waals surface area (Å²) in [4.78, 5) is 12.6. The van der Waals surface area contributed by atoms with Crippen LogP contribution in [0.4, 0.5) is 23.7 Å². The Balaban J connectivity index is 2.36. The predicted octanol–water partition coefficient (Wildman–Crippen LogP) is 2.75. The highest BCUT2D eigenvalue weighted by Gasteiger charge is 2.31. The number of amides is 2. The fraction of sp³-hybridized carbons (Fsp3) is 0.182. The second-order valence-corrected chi connectivity index (χ2v) is 3.49. The Hall–Kier alpha value is -1.98. The van der Waals surface area contributed by atoms with Gasteiger partial charge in [-0.2, -0.15) is 13.2 Å². The van der Waals surface area contributed by atoms with Crippen molar-refractivity contribution in [3.05, 3.63) is 42.1 Å². The van der Waals surface area contributed by atoms with Gasteiger partial charge in [0.2, 0.25) is 0 Å². The van der Waals surface area contributed by atoms with E-state index >= 15 is 0 Å². The topological polar surface area (TPSA) is 32.3 Å². The van der Waals surface area contributed by atoms with E-state index in [1.807, 2.05) is 0 Å². The Kier molecular flexibility index (Phi) is 2.79. The van der Waals surface area contributed by atoms with Gasteiger partial charge in [-0.1, -0.05) is 6.07 Å². The van der Waals surface area contributed by atoms with Crippen LogP contribution in [0.15, 0.2) is 36.5 Å². The molecule has 1 aromatic carbocycles. The largest absolute Gasteiger partial charge is 0.416 e. The molecule has 0 saturated carbocycles. The summed E-state index contributed by atoms with van der Waals surface area (Å²) in [7, 11) is 0. The first-order valence-electron chi connectivity index (χ1n) is 4.89. The second-order valence-electron chi connectivity index (χ2n) is 3.49. The molecule has 0 atom stereocenters. The molecule has 2 rings (SSSR count). The summed E-state index contributed by atoms with van der Waals surface area (Å²) >= 11 is 0. The van der Waals surface area contributed by atoms with Crippen molar-refractivity contribution in [2.75, 3.05) is 11.4 Å². The number of carbonyl (C=O) groups excluding carboxylic acids is 1. The fourth-order valence-corrected chi connectivity index (χ4v) is 1.49. The molecule has 0 aromatic heterocycles. The van der Waals surface area contributed by atoms with Gasteiger partial charge in [-0.25, -0.2) is 4.79 Å². The Labute approximate surface area is 95.5 Å². The molecule has 0 saturated heterocycles. The molecule has 1 aliphatic heterocycles. The molecular formula is C11H9F3N2O. The zero-order chi connectivity index (χ0) is 12.5. The van der Waals surface area contributed by atoms with Crippen LogP contribution < -0.4 is 10.2 Å². The third kappa shape index (κ3) is 2.41. The summed E-state index contributed by atoms with van der Waals surface area (Å²) in [6.45, 7) is 0.383. The van der Waals surface area contributed by atoms with Gasteiger partial charge in [0.1, 0.15) is 0 Å². The standard InChI is InChI=1S/C11H9F3N2O/c12-11(13,14)8-3-1-4-9(7-8)16-6-2-5-15-10(16)17/h1-4,6-7H,5H2,(H,15,17). The first-order valence-corrected chi connectivity index (χ1v) is 4.89. The molecule has 1 aliphatic rings. The van der Waals surface area contributed by atoms with Gasteiger partial charge >= 0.3 is 12.2 Å². The molecule has 90 valence electrons. The number of carbonyl (C=O) groups is 1. The summed E-state index contributed by atoms with van der Waals surface area (Å²) in [6.07, 6.45) is -1.30. The van der Waals surface area contributed by atoms with Crippen LogP contribution in [0.5, 0.6) is 0 Å². The highest BCUT2D eigenvalue weighted by molar-refractivity contribution is 5.94. The zero-order valence-corrected chi connectivity index (χ0v) is 8.66. The van der Waals surface area contributed by atoms with Crippen LogP contribution >= 0.6 is 0 Å². The van der Waals surface area contributed by atoms with Gasteiger partial charge in [0.15, 0.2) is 0 Å². The predicted molar refractivity (Wildman–Crippen MR) is 56.5 cm³/mol. The minimum atomic E-state index is -4.41. The van der Waals surface area contributed by atoms with Crippen LogP contribution in [0.2, 0.25) is 0 Å². The number of nitrogens with one attached hydrogen (secondary N) is 1. The van der Waals surface area contributed by atoms with E-state index in [1.165, 1.54) is 18.3 Å². The van der Waals surface area contributed by atoms with Crippen molar-refractivity contribution in [3.8, 4) is 0 Å². The lowest BCUT2D eigenvalue weighted by atomic mass is 10.2. The Bertz CT molecular complexity index is 468. The van der Waals surface area contributed by atoms with Crippen molar-refractivity contribution < 1.29 is 18.0 Å². The number of rotatable bonds is 1. The molecule has 0 radical (unpaired) electrons. The van der Waals surface area contributed by atoms with E-state index in [1.54, 1.807) is 6.08 Å². The molecule has 6 heteroatoms. The number of urea groups is 1. The van der Waals surface area contributed by atoms with E-state index in [0.29, 0.717) is 6.54 Å². The number of nitrogens with zero attached hydrogens (tertiary/aromatic N) is 1. The highest BCUT2D eigenvalue weighted by Crippen LogP contribution is 2.31. The van der Waals surface area contributed by atoms with E-state index in [0.717, 1.165) is 17.0 Å². The van der Waals surface area contributed by atoms with Crippen LogP contribution in [-0.2, 0) is 6.18 Å². The fourth-order valence-electron chi connectivity index (χ4n) is 1.49. The first-order chi connectivity index (χ1) is 7.98. The lowest BCUT2D eigenvalue weighted by molar-refractivity contribution is -0.137. The van der Waals surface area contributed by atoms with Gasteiger partial charge in [-0.15, -0.1) is 0 Å². The van der Waals surface area contributed by atoms with Gasteiger partial charge in [-0.05, 0) is 24.3 Å². The first kappa shape index (κ1) is 11.5. The molecule has 0 unspecified atom stereocenters. The monoisotopic (exact) mass is 242 g/mol. The van der Waals surface area contributed by atoms with Crippen molar-refractivity contribution in [1.82, 2.24) is 5.32 Å². The average molecular weight is 242 g/mol. The Morgan fingerprint density at radius 3 is 2.71 bits per heavy atom. The van der Waals surface area contributed by atoms with Gasteiger partial charge in [0.25, 0.3) is 0 Å². The lowest BCUT2D eigenvalue weighted by Gasteiger charge is -2.22. The van der Waals surface area contributed by atoms with Crippen LogP contribution in [0.25, 0.3) is 0 Å². The molecule has 1 N–H and O–H groups in total. The maximum Gasteiger partial charge on any atom is 0.416 e. The van der Waals surface area contributed by atoms with Crippen molar-refractivity contribution in [1.29, 1.82) is 0 Å². The molecule has 1 aromatic rings. The maximum atomic E-state index is 12.5. The molecule has 3 nitrogen and oxygen atoms in total.